The second-order valence-corrected chi connectivity index (χ2v) is 6.44. The van der Waals surface area contributed by atoms with E-state index in [2.05, 4.69) is 0 Å². The van der Waals surface area contributed by atoms with E-state index in [1.807, 2.05) is 60.7 Å². The molecule has 1 N–H and O–H groups in total. The Morgan fingerprint density at radius 3 is 2.04 bits per heavy atom. The molecule has 132 valence electrons. The Bertz CT molecular complexity index is 675. The minimum Gasteiger partial charge on any atom is -0.391 e. The van der Waals surface area contributed by atoms with E-state index in [9.17, 15) is 5.11 Å². The lowest BCUT2D eigenvalue weighted by molar-refractivity contribution is -0.371. The lowest BCUT2D eigenvalue weighted by Crippen LogP contribution is -2.57. The zero-order chi connectivity index (χ0) is 17.2. The number of fused-ring (bicyclic) bond motifs is 1. The van der Waals surface area contributed by atoms with E-state index in [4.69, 9.17) is 18.9 Å². The van der Waals surface area contributed by atoms with Gasteiger partial charge >= 0.3 is 0 Å². The highest BCUT2D eigenvalue weighted by Gasteiger charge is 2.47. The van der Waals surface area contributed by atoms with Crippen LogP contribution >= 0.6 is 0 Å². The zero-order valence-corrected chi connectivity index (χ0v) is 14.0. The molecule has 2 aliphatic rings. The van der Waals surface area contributed by atoms with Gasteiger partial charge in [-0.1, -0.05) is 60.7 Å². The molecular weight excluding hydrogens is 320 g/mol. The molecule has 5 heteroatoms. The summed E-state index contributed by atoms with van der Waals surface area (Å²) in [5.41, 5.74) is 1.85. The average Bonchev–Trinajstić information content (AvgIpc) is 2.68. The van der Waals surface area contributed by atoms with E-state index >= 15 is 0 Å². The van der Waals surface area contributed by atoms with Gasteiger partial charge in [0.1, 0.15) is 18.3 Å². The summed E-state index contributed by atoms with van der Waals surface area (Å²) in [6.45, 7) is 2.10. The number of ether oxygens (including phenoxy) is 4. The van der Waals surface area contributed by atoms with Crippen LogP contribution in [0, 0.1) is 0 Å². The van der Waals surface area contributed by atoms with Crippen LogP contribution in [0.2, 0.25) is 0 Å². The normalized spacial score (nSPS) is 33.4. The Hall–Kier alpha value is -1.76. The van der Waals surface area contributed by atoms with Crippen LogP contribution in [0.25, 0.3) is 0 Å². The Morgan fingerprint density at radius 2 is 1.44 bits per heavy atom. The Morgan fingerprint density at radius 1 is 0.840 bits per heavy atom. The summed E-state index contributed by atoms with van der Waals surface area (Å²) in [5.74, 6) is 0. The van der Waals surface area contributed by atoms with Crippen molar-refractivity contribution < 1.29 is 24.1 Å². The fraction of sp³-hybridized carbons (Fsp3) is 0.400. The van der Waals surface area contributed by atoms with Gasteiger partial charge in [0.25, 0.3) is 0 Å². The maximum atomic E-state index is 10.2. The molecule has 0 saturated carbocycles. The fourth-order valence-corrected chi connectivity index (χ4v) is 3.30. The van der Waals surface area contributed by atoms with Crippen molar-refractivity contribution in [3.8, 4) is 0 Å². The summed E-state index contributed by atoms with van der Waals surface area (Å²) in [6, 6.07) is 19.5. The molecule has 2 fully saturated rings. The molecule has 0 radical (unpaired) electrons. The van der Waals surface area contributed by atoms with Gasteiger partial charge in [-0.3, -0.25) is 0 Å². The highest BCUT2D eigenvalue weighted by Crippen LogP contribution is 2.38. The number of aliphatic hydroxyl groups is 1. The molecule has 2 heterocycles. The van der Waals surface area contributed by atoms with Gasteiger partial charge in [0.15, 0.2) is 12.6 Å². The molecule has 2 aromatic rings. The molecule has 2 saturated heterocycles. The highest BCUT2D eigenvalue weighted by molar-refractivity contribution is 5.18. The van der Waals surface area contributed by atoms with Crippen molar-refractivity contribution in [1.82, 2.24) is 0 Å². The van der Waals surface area contributed by atoms with Crippen LogP contribution in [0.15, 0.2) is 60.7 Å². The Balaban J connectivity index is 1.54. The van der Waals surface area contributed by atoms with Crippen molar-refractivity contribution >= 4 is 0 Å². The van der Waals surface area contributed by atoms with Crippen molar-refractivity contribution in [3.63, 3.8) is 0 Å². The predicted molar refractivity (Wildman–Crippen MR) is 90.6 cm³/mol. The molecule has 0 amide bonds. The van der Waals surface area contributed by atoms with E-state index in [-0.39, 0.29) is 12.2 Å². The van der Waals surface area contributed by atoms with E-state index in [1.54, 1.807) is 6.92 Å². The van der Waals surface area contributed by atoms with Crippen molar-refractivity contribution in [2.75, 3.05) is 6.61 Å². The summed E-state index contributed by atoms with van der Waals surface area (Å²) in [5, 5.41) is 10.2. The second-order valence-electron chi connectivity index (χ2n) is 6.44. The van der Waals surface area contributed by atoms with Crippen LogP contribution in [0.3, 0.4) is 0 Å². The van der Waals surface area contributed by atoms with E-state index in [0.29, 0.717) is 6.61 Å². The van der Waals surface area contributed by atoms with Crippen LogP contribution in [0.1, 0.15) is 30.6 Å². The van der Waals surface area contributed by atoms with Crippen LogP contribution in [0.4, 0.5) is 0 Å². The summed E-state index contributed by atoms with van der Waals surface area (Å²) >= 11 is 0. The van der Waals surface area contributed by atoms with Gasteiger partial charge < -0.3 is 24.1 Å². The fourth-order valence-electron chi connectivity index (χ4n) is 3.30. The molecule has 5 nitrogen and oxygen atoms in total. The molecular formula is C20H22O5. The molecule has 0 bridgehead atoms. The number of benzene rings is 2. The standard InChI is InChI=1S/C20H22O5/c1-13(21)17-18-16(23-20(24-17)15-10-6-3-7-11-15)12-22-19(25-18)14-8-4-2-5-9-14/h2-11,13,16-21H,12H2,1H3. The molecule has 0 aromatic heterocycles. The first-order valence-corrected chi connectivity index (χ1v) is 8.58. The quantitative estimate of drug-likeness (QED) is 0.929. The SMILES string of the molecule is CC(O)C1OC(c2ccccc2)OC2COC(c3ccccc3)OC21. The largest absolute Gasteiger partial charge is 0.391 e. The molecule has 4 rings (SSSR count). The first kappa shape index (κ1) is 16.7. The lowest BCUT2D eigenvalue weighted by atomic mass is 10.00. The third-order valence-electron chi connectivity index (χ3n) is 4.58. The second kappa shape index (κ2) is 7.23. The predicted octanol–water partition coefficient (Wildman–Crippen LogP) is 2.96. The first-order chi connectivity index (χ1) is 12.2. The maximum absolute atomic E-state index is 10.2. The molecule has 2 aliphatic heterocycles. The van der Waals surface area contributed by atoms with E-state index < -0.39 is 24.8 Å². The smallest absolute Gasteiger partial charge is 0.184 e. The number of hydrogen-bond acceptors (Lipinski definition) is 5. The maximum Gasteiger partial charge on any atom is 0.184 e. The van der Waals surface area contributed by atoms with Crippen molar-refractivity contribution in [1.29, 1.82) is 0 Å². The van der Waals surface area contributed by atoms with Crippen molar-refractivity contribution in [2.45, 2.75) is 43.9 Å². The number of hydrogen-bond donors (Lipinski definition) is 1. The molecule has 6 unspecified atom stereocenters. The molecule has 6 atom stereocenters. The first-order valence-electron chi connectivity index (χ1n) is 8.58. The Kier molecular flexibility index (Phi) is 4.83. The molecule has 0 spiro atoms. The summed E-state index contributed by atoms with van der Waals surface area (Å²) in [7, 11) is 0. The Labute approximate surface area is 147 Å². The van der Waals surface area contributed by atoms with Crippen LogP contribution < -0.4 is 0 Å². The van der Waals surface area contributed by atoms with Gasteiger partial charge in [0.05, 0.1) is 12.7 Å². The van der Waals surface area contributed by atoms with E-state index in [0.717, 1.165) is 11.1 Å². The third-order valence-corrected chi connectivity index (χ3v) is 4.58. The molecule has 2 aromatic carbocycles. The van der Waals surface area contributed by atoms with Gasteiger partial charge in [-0.2, -0.15) is 0 Å². The van der Waals surface area contributed by atoms with Crippen LogP contribution in [-0.4, -0.2) is 36.1 Å². The van der Waals surface area contributed by atoms with Gasteiger partial charge in [-0.25, -0.2) is 0 Å². The van der Waals surface area contributed by atoms with Gasteiger partial charge in [0, 0.05) is 11.1 Å². The van der Waals surface area contributed by atoms with Crippen molar-refractivity contribution in [3.05, 3.63) is 71.8 Å². The topological polar surface area (TPSA) is 57.2 Å². The number of aliphatic hydroxyl groups excluding tert-OH is 1. The minimum atomic E-state index is -0.683. The highest BCUT2D eigenvalue weighted by atomic mass is 16.8. The minimum absolute atomic E-state index is 0.293. The summed E-state index contributed by atoms with van der Waals surface area (Å²) in [4.78, 5) is 0. The molecule has 0 aliphatic carbocycles. The van der Waals surface area contributed by atoms with Gasteiger partial charge in [-0.05, 0) is 6.92 Å². The van der Waals surface area contributed by atoms with Gasteiger partial charge in [-0.15, -0.1) is 0 Å². The van der Waals surface area contributed by atoms with Crippen LogP contribution in [0.5, 0.6) is 0 Å². The average molecular weight is 342 g/mol. The third kappa shape index (κ3) is 3.47. The summed E-state index contributed by atoms with van der Waals surface area (Å²) in [6.07, 6.45) is -2.87. The lowest BCUT2D eigenvalue weighted by Gasteiger charge is -2.46. The number of rotatable bonds is 3. The van der Waals surface area contributed by atoms with Crippen LogP contribution in [-0.2, 0) is 18.9 Å². The van der Waals surface area contributed by atoms with Crippen molar-refractivity contribution in [2.24, 2.45) is 0 Å². The monoisotopic (exact) mass is 342 g/mol. The van der Waals surface area contributed by atoms with Gasteiger partial charge in [0.2, 0.25) is 0 Å². The zero-order valence-electron chi connectivity index (χ0n) is 14.0. The van der Waals surface area contributed by atoms with E-state index in [1.165, 1.54) is 0 Å². The molecule has 25 heavy (non-hydrogen) atoms. The summed E-state index contributed by atoms with van der Waals surface area (Å²) < 4.78 is 24.1.